The van der Waals surface area contributed by atoms with Crippen molar-refractivity contribution in [2.75, 3.05) is 20.1 Å². The standard InChI is InChI=1S/C34H47N5O5S/c1-6-11-28(40)31(33(43)36-18-22(2)3)35-19-29(41)27(16-24-12-8-7-9-13-24)38-32(42)25-14-10-15-26(17-25)34(44)39(5)20-30-37-23(4)21-45-30/h7-10,12-15,17,21-22,27-29,31,35,40-41H,6,11,16,18-20H2,1-5H3,(H,36,43)(H,38,42)/t27-,28-,29+,31?/m0/s1. The SMILES string of the molecule is CCC[C@H](O)C(NC[C@@H](O)[C@H](Cc1ccccc1)NC(=O)c1cccc(C(=O)N(C)Cc2nc(C)cs2)c1)C(=O)NCC(C)C. The molecule has 10 nitrogen and oxygen atoms in total. The molecule has 0 aliphatic rings. The lowest BCUT2D eigenvalue weighted by Crippen LogP contribution is -2.56. The molecule has 0 saturated heterocycles. The van der Waals surface area contributed by atoms with Gasteiger partial charge in [-0.2, -0.15) is 0 Å². The van der Waals surface area contributed by atoms with Gasteiger partial charge in [-0.25, -0.2) is 4.98 Å². The molecule has 3 aromatic rings. The number of rotatable bonds is 17. The molecule has 3 rings (SSSR count). The molecule has 3 amide bonds. The summed E-state index contributed by atoms with van der Waals surface area (Å²) in [5, 5.41) is 33.6. The van der Waals surface area contributed by atoms with E-state index >= 15 is 0 Å². The van der Waals surface area contributed by atoms with Crippen molar-refractivity contribution < 1.29 is 24.6 Å². The summed E-state index contributed by atoms with van der Waals surface area (Å²) in [6, 6.07) is 14.3. The molecule has 1 heterocycles. The minimum atomic E-state index is -1.10. The number of thiazole rings is 1. The Morgan fingerprint density at radius 3 is 2.33 bits per heavy atom. The maximum absolute atomic E-state index is 13.5. The van der Waals surface area contributed by atoms with Gasteiger partial charge in [-0.3, -0.25) is 14.4 Å². The van der Waals surface area contributed by atoms with E-state index in [1.54, 1.807) is 36.2 Å². The molecule has 1 unspecified atom stereocenters. The molecule has 1 aromatic heterocycles. The number of aromatic nitrogens is 1. The average molecular weight is 638 g/mol. The van der Waals surface area contributed by atoms with Gasteiger partial charge in [-0.05, 0) is 49.4 Å². The molecule has 0 fully saturated rings. The fourth-order valence-electron chi connectivity index (χ4n) is 4.84. The lowest BCUT2D eigenvalue weighted by molar-refractivity contribution is -0.126. The van der Waals surface area contributed by atoms with Crippen molar-refractivity contribution in [2.24, 2.45) is 5.92 Å². The first-order chi connectivity index (χ1) is 21.5. The number of nitrogens with zero attached hydrogens (tertiary/aromatic N) is 2. The minimum Gasteiger partial charge on any atom is -0.391 e. The van der Waals surface area contributed by atoms with Gasteiger partial charge in [-0.15, -0.1) is 11.3 Å². The first-order valence-electron chi connectivity index (χ1n) is 15.5. The van der Waals surface area contributed by atoms with E-state index in [-0.39, 0.29) is 29.8 Å². The van der Waals surface area contributed by atoms with E-state index in [2.05, 4.69) is 20.9 Å². The zero-order chi connectivity index (χ0) is 32.9. The molecular formula is C34H47N5O5S. The first-order valence-corrected chi connectivity index (χ1v) is 16.3. The van der Waals surface area contributed by atoms with Crippen LogP contribution in [0.1, 0.15) is 70.6 Å². The molecule has 0 saturated carbocycles. The fourth-order valence-corrected chi connectivity index (χ4v) is 5.66. The van der Waals surface area contributed by atoms with Crippen LogP contribution in [0.2, 0.25) is 0 Å². The number of carbonyl (C=O) groups is 3. The number of hydrogen-bond acceptors (Lipinski definition) is 8. The maximum atomic E-state index is 13.5. The summed E-state index contributed by atoms with van der Waals surface area (Å²) in [6.45, 7) is 8.58. The molecule has 2 aromatic carbocycles. The second-order valence-corrected chi connectivity index (χ2v) is 12.8. The number of carbonyl (C=O) groups excluding carboxylic acids is 3. The van der Waals surface area contributed by atoms with Gasteiger partial charge in [0.1, 0.15) is 11.0 Å². The number of aliphatic hydroxyl groups excluding tert-OH is 2. The predicted octanol–water partition coefficient (Wildman–Crippen LogP) is 3.32. The fraction of sp³-hybridized carbons (Fsp3) is 0.471. The van der Waals surface area contributed by atoms with Crippen molar-refractivity contribution in [2.45, 2.75) is 77.8 Å². The molecule has 45 heavy (non-hydrogen) atoms. The van der Waals surface area contributed by atoms with Crippen molar-refractivity contribution in [3.05, 3.63) is 87.4 Å². The monoisotopic (exact) mass is 637 g/mol. The normalized spacial score (nSPS) is 14.0. The summed E-state index contributed by atoms with van der Waals surface area (Å²) in [6.07, 6.45) is -0.601. The molecule has 0 aliphatic heterocycles. The second-order valence-electron chi connectivity index (χ2n) is 11.8. The number of aliphatic hydroxyl groups is 2. The van der Waals surface area contributed by atoms with Gasteiger partial charge < -0.3 is 31.1 Å². The minimum absolute atomic E-state index is 0.0438. The molecule has 0 radical (unpaired) electrons. The Balaban J connectivity index is 1.74. The molecular weight excluding hydrogens is 590 g/mol. The molecule has 0 aliphatic carbocycles. The smallest absolute Gasteiger partial charge is 0.253 e. The van der Waals surface area contributed by atoms with Crippen molar-refractivity contribution in [3.63, 3.8) is 0 Å². The summed E-state index contributed by atoms with van der Waals surface area (Å²) in [7, 11) is 1.69. The van der Waals surface area contributed by atoms with Gasteiger partial charge in [-0.1, -0.05) is 63.6 Å². The van der Waals surface area contributed by atoms with E-state index in [0.717, 1.165) is 16.3 Å². The van der Waals surface area contributed by atoms with Gasteiger partial charge >= 0.3 is 0 Å². The zero-order valence-corrected chi connectivity index (χ0v) is 27.6. The van der Waals surface area contributed by atoms with Gasteiger partial charge in [0.25, 0.3) is 11.8 Å². The number of hydrogen-bond donors (Lipinski definition) is 5. The third-order valence-electron chi connectivity index (χ3n) is 7.32. The number of benzene rings is 2. The van der Waals surface area contributed by atoms with E-state index in [1.165, 1.54) is 11.3 Å². The van der Waals surface area contributed by atoms with E-state index in [9.17, 15) is 24.6 Å². The molecule has 0 bridgehead atoms. The first kappa shape index (κ1) is 35.8. The highest BCUT2D eigenvalue weighted by atomic mass is 32.1. The summed E-state index contributed by atoms with van der Waals surface area (Å²) in [5.41, 5.74) is 2.45. The molecule has 5 N–H and O–H groups in total. The highest BCUT2D eigenvalue weighted by Gasteiger charge is 2.29. The number of amides is 3. The largest absolute Gasteiger partial charge is 0.391 e. The molecule has 11 heteroatoms. The Kier molecular flexibility index (Phi) is 14.1. The maximum Gasteiger partial charge on any atom is 0.253 e. The topological polar surface area (TPSA) is 144 Å². The van der Waals surface area contributed by atoms with Gasteiger partial charge in [0.2, 0.25) is 5.91 Å². The molecule has 0 spiro atoms. The van der Waals surface area contributed by atoms with E-state index < -0.39 is 30.2 Å². The Hall–Kier alpha value is -3.64. The van der Waals surface area contributed by atoms with Crippen LogP contribution in [0.25, 0.3) is 0 Å². The van der Waals surface area contributed by atoms with Gasteiger partial charge in [0.05, 0.1) is 24.8 Å². The van der Waals surface area contributed by atoms with Crippen LogP contribution in [-0.4, -0.2) is 82.2 Å². The van der Waals surface area contributed by atoms with E-state index in [4.69, 9.17) is 0 Å². The molecule has 4 atom stereocenters. The van der Waals surface area contributed by atoms with Crippen LogP contribution < -0.4 is 16.0 Å². The summed E-state index contributed by atoms with van der Waals surface area (Å²) < 4.78 is 0. The Bertz CT molecular complexity index is 1380. The highest BCUT2D eigenvalue weighted by molar-refractivity contribution is 7.09. The van der Waals surface area contributed by atoms with Crippen LogP contribution in [-0.2, 0) is 17.8 Å². The van der Waals surface area contributed by atoms with Crippen molar-refractivity contribution in [1.82, 2.24) is 25.8 Å². The number of nitrogens with one attached hydrogen (secondary N) is 3. The Labute approximate surface area is 270 Å². The van der Waals surface area contributed by atoms with Crippen LogP contribution in [0, 0.1) is 12.8 Å². The zero-order valence-electron chi connectivity index (χ0n) is 26.8. The van der Waals surface area contributed by atoms with Crippen LogP contribution in [0.5, 0.6) is 0 Å². The van der Waals surface area contributed by atoms with Crippen molar-refractivity contribution >= 4 is 29.1 Å². The summed E-state index contributed by atoms with van der Waals surface area (Å²) >= 11 is 1.49. The highest BCUT2D eigenvalue weighted by Crippen LogP contribution is 2.15. The van der Waals surface area contributed by atoms with Crippen LogP contribution in [0.3, 0.4) is 0 Å². The Morgan fingerprint density at radius 2 is 1.69 bits per heavy atom. The van der Waals surface area contributed by atoms with Gasteiger partial charge in [0, 0.05) is 42.3 Å². The van der Waals surface area contributed by atoms with Crippen LogP contribution >= 0.6 is 11.3 Å². The third-order valence-corrected chi connectivity index (χ3v) is 8.27. The average Bonchev–Trinajstić information content (AvgIpc) is 3.43. The molecule has 244 valence electrons. The second kappa shape index (κ2) is 17.7. The van der Waals surface area contributed by atoms with Crippen LogP contribution in [0.4, 0.5) is 0 Å². The number of aryl methyl sites for hydroxylation is 1. The van der Waals surface area contributed by atoms with Crippen molar-refractivity contribution in [1.29, 1.82) is 0 Å². The lowest BCUT2D eigenvalue weighted by atomic mass is 9.99. The predicted molar refractivity (Wildman–Crippen MR) is 177 cm³/mol. The van der Waals surface area contributed by atoms with Crippen molar-refractivity contribution in [3.8, 4) is 0 Å². The van der Waals surface area contributed by atoms with E-state index in [1.807, 2.05) is 63.4 Å². The Morgan fingerprint density at radius 1 is 0.978 bits per heavy atom. The van der Waals surface area contributed by atoms with Crippen LogP contribution in [0.15, 0.2) is 60.0 Å². The third kappa shape index (κ3) is 11.3. The quantitative estimate of drug-likeness (QED) is 0.153. The lowest BCUT2D eigenvalue weighted by Gasteiger charge is -2.28. The van der Waals surface area contributed by atoms with Gasteiger partial charge in [0.15, 0.2) is 0 Å². The summed E-state index contributed by atoms with van der Waals surface area (Å²) in [5.74, 6) is -0.780. The van der Waals surface area contributed by atoms with E-state index in [0.29, 0.717) is 37.9 Å². The summed E-state index contributed by atoms with van der Waals surface area (Å²) in [4.78, 5) is 45.6.